The van der Waals surface area contributed by atoms with Crippen LogP contribution in [-0.2, 0) is 19.6 Å². The van der Waals surface area contributed by atoms with E-state index in [0.29, 0.717) is 25.7 Å². The molecule has 176 valence electrons. The summed E-state index contributed by atoms with van der Waals surface area (Å²) in [4.78, 5) is 11.8. The number of hydrogen-bond acceptors (Lipinski definition) is 6. The lowest BCUT2D eigenvalue weighted by atomic mass is 9.89. The Kier molecular flexibility index (Phi) is 10.0. The lowest BCUT2D eigenvalue weighted by Gasteiger charge is -2.18. The van der Waals surface area contributed by atoms with Gasteiger partial charge in [0.2, 0.25) is 15.9 Å². The van der Waals surface area contributed by atoms with Crippen LogP contribution < -0.4 is 4.72 Å². The molecule has 0 aromatic carbocycles. The number of hydrogen-bond donors (Lipinski definition) is 3. The first-order valence-electron chi connectivity index (χ1n) is 11.3. The summed E-state index contributed by atoms with van der Waals surface area (Å²) < 4.78 is 31.7. The van der Waals surface area contributed by atoms with Gasteiger partial charge in [-0.1, -0.05) is 18.6 Å². The molecule has 1 aliphatic heterocycles. The number of ether oxygens (including phenoxy) is 1. The Balaban J connectivity index is 1.73. The van der Waals surface area contributed by atoms with Gasteiger partial charge in [0.15, 0.2) is 0 Å². The monoisotopic (exact) mass is 455 g/mol. The predicted molar refractivity (Wildman–Crippen MR) is 119 cm³/mol. The van der Waals surface area contributed by atoms with Crippen LogP contribution in [0.4, 0.5) is 0 Å². The van der Waals surface area contributed by atoms with Crippen LogP contribution in [-0.4, -0.2) is 54.2 Å². The number of unbranched alkanes of at least 4 members (excludes halogenated alkanes) is 1. The van der Waals surface area contributed by atoms with E-state index in [-0.39, 0.29) is 30.5 Å². The van der Waals surface area contributed by atoms with Gasteiger partial charge in [0.25, 0.3) is 0 Å². The summed E-state index contributed by atoms with van der Waals surface area (Å²) in [6.07, 6.45) is 7.85. The van der Waals surface area contributed by atoms with Gasteiger partial charge in [-0.2, -0.15) is 0 Å². The van der Waals surface area contributed by atoms with Crippen molar-refractivity contribution in [2.45, 2.75) is 102 Å². The van der Waals surface area contributed by atoms with Gasteiger partial charge in [-0.25, -0.2) is 8.42 Å². The molecule has 7 nitrogen and oxygen atoms in total. The highest BCUT2D eigenvalue weighted by atomic mass is 32.2. The van der Waals surface area contributed by atoms with E-state index in [2.05, 4.69) is 16.6 Å². The topological polar surface area (TPSA) is 113 Å². The first-order chi connectivity index (χ1) is 14.6. The Morgan fingerprint density at radius 2 is 2.03 bits per heavy atom. The van der Waals surface area contributed by atoms with E-state index >= 15 is 0 Å². The van der Waals surface area contributed by atoms with Gasteiger partial charge in [0.1, 0.15) is 0 Å². The molecule has 0 spiro atoms. The minimum atomic E-state index is -3.57. The second-order valence-corrected chi connectivity index (χ2v) is 11.1. The molecular weight excluding hydrogens is 418 g/mol. The van der Waals surface area contributed by atoms with E-state index in [0.717, 1.165) is 19.3 Å². The molecule has 2 aliphatic rings. The summed E-state index contributed by atoms with van der Waals surface area (Å²) in [5.74, 6) is 5.50. The van der Waals surface area contributed by atoms with E-state index in [1.165, 1.54) is 13.8 Å². The fraction of sp³-hybridized carbons (Fsp3) is 0.783. The van der Waals surface area contributed by atoms with E-state index in [1.807, 2.05) is 6.08 Å². The molecule has 1 amide bonds. The number of carbonyl (C=O) groups is 1. The molecule has 1 heterocycles. The number of aliphatic hydroxyl groups is 2. The molecular formula is C23H37NO6S. The first kappa shape index (κ1) is 25.9. The quantitative estimate of drug-likeness (QED) is 0.250. The van der Waals surface area contributed by atoms with E-state index < -0.39 is 33.4 Å². The Labute approximate surface area is 186 Å². The molecule has 0 unspecified atom stereocenters. The summed E-state index contributed by atoms with van der Waals surface area (Å²) >= 11 is 0. The number of rotatable bonds is 11. The molecule has 0 aromatic rings. The van der Waals surface area contributed by atoms with Crippen molar-refractivity contribution in [1.29, 1.82) is 0 Å². The summed E-state index contributed by atoms with van der Waals surface area (Å²) in [5.41, 5.74) is 0. The summed E-state index contributed by atoms with van der Waals surface area (Å²) in [7, 11) is -3.57. The maximum absolute atomic E-state index is 11.8. The van der Waals surface area contributed by atoms with Crippen molar-refractivity contribution in [3.63, 3.8) is 0 Å². The molecule has 1 saturated heterocycles. The standard InChI is InChI=1S/C23H37NO6S/c1-4-5-6-9-17(25)12-13-19-20-14-18(30-22(20)15-21(19)26)10-7-8-11-23(27)24-31(28,29)16(2)3/h12-13,16-22,25-26H,6-11,14-15H2,1-3H3,(H,24,27)/b13-12+/t17-,18+,19+,20+,21+,22-/m0/s1. The molecule has 0 radical (unpaired) electrons. The highest BCUT2D eigenvalue weighted by Gasteiger charge is 2.47. The fourth-order valence-electron chi connectivity index (χ4n) is 4.31. The third-order valence-corrected chi connectivity index (χ3v) is 7.90. The highest BCUT2D eigenvalue weighted by Crippen LogP contribution is 2.45. The largest absolute Gasteiger partial charge is 0.392 e. The summed E-state index contributed by atoms with van der Waals surface area (Å²) in [5, 5.41) is 19.8. The molecule has 31 heavy (non-hydrogen) atoms. The number of nitrogens with one attached hydrogen (secondary N) is 1. The van der Waals surface area contributed by atoms with Gasteiger partial charge in [0, 0.05) is 25.2 Å². The third-order valence-electron chi connectivity index (χ3n) is 6.15. The van der Waals surface area contributed by atoms with Crippen LogP contribution in [0.5, 0.6) is 0 Å². The number of aliphatic hydroxyl groups excluding tert-OH is 2. The lowest BCUT2D eigenvalue weighted by molar-refractivity contribution is -0.119. The Morgan fingerprint density at radius 1 is 1.29 bits per heavy atom. The van der Waals surface area contributed by atoms with E-state index in [1.54, 1.807) is 13.0 Å². The van der Waals surface area contributed by atoms with Gasteiger partial charge >= 0.3 is 0 Å². The van der Waals surface area contributed by atoms with E-state index in [9.17, 15) is 23.4 Å². The van der Waals surface area contributed by atoms with Crippen LogP contribution in [0.25, 0.3) is 0 Å². The minimum Gasteiger partial charge on any atom is -0.392 e. The van der Waals surface area contributed by atoms with Gasteiger partial charge in [0.05, 0.1) is 29.7 Å². The minimum absolute atomic E-state index is 0.0195. The van der Waals surface area contributed by atoms with Crippen molar-refractivity contribution in [2.75, 3.05) is 0 Å². The van der Waals surface area contributed by atoms with Gasteiger partial charge in [-0.3, -0.25) is 9.52 Å². The summed E-state index contributed by atoms with van der Waals surface area (Å²) in [6.45, 7) is 4.84. The highest BCUT2D eigenvalue weighted by molar-refractivity contribution is 7.90. The van der Waals surface area contributed by atoms with Crippen molar-refractivity contribution in [1.82, 2.24) is 4.72 Å². The van der Waals surface area contributed by atoms with Crippen molar-refractivity contribution in [3.8, 4) is 11.8 Å². The molecule has 6 atom stereocenters. The molecule has 2 rings (SSSR count). The normalized spacial score (nSPS) is 29.0. The predicted octanol–water partition coefficient (Wildman–Crippen LogP) is 2.28. The van der Waals surface area contributed by atoms with Gasteiger partial charge in [-0.05, 0) is 52.4 Å². The second kappa shape index (κ2) is 12.0. The van der Waals surface area contributed by atoms with Crippen molar-refractivity contribution in [2.24, 2.45) is 11.8 Å². The SMILES string of the molecule is CC#CCC[C@H](O)/C=C/[C@@H]1[C@H]2C[C@@H](CCCCC(=O)NS(=O)(=O)C(C)C)O[C@H]2C[C@H]1O. The number of carbonyl (C=O) groups excluding carboxylic acids is 1. The molecule has 8 heteroatoms. The second-order valence-electron chi connectivity index (χ2n) is 8.86. The zero-order valence-corrected chi connectivity index (χ0v) is 19.6. The third kappa shape index (κ3) is 7.90. The van der Waals surface area contributed by atoms with Crippen molar-refractivity contribution >= 4 is 15.9 Å². The number of amides is 1. The smallest absolute Gasteiger partial charge is 0.237 e. The van der Waals surface area contributed by atoms with Crippen LogP contribution in [0.2, 0.25) is 0 Å². The average molecular weight is 456 g/mol. The zero-order valence-electron chi connectivity index (χ0n) is 18.8. The number of sulfonamides is 1. The van der Waals surface area contributed by atoms with Crippen LogP contribution in [0.3, 0.4) is 0 Å². The maximum Gasteiger partial charge on any atom is 0.237 e. The van der Waals surface area contributed by atoms with Crippen molar-refractivity contribution < 1.29 is 28.2 Å². The Bertz CT molecular complexity index is 782. The molecule has 0 aromatic heterocycles. The Morgan fingerprint density at radius 3 is 2.71 bits per heavy atom. The Hall–Kier alpha value is -1.40. The lowest BCUT2D eigenvalue weighted by Crippen LogP contribution is -2.35. The van der Waals surface area contributed by atoms with E-state index in [4.69, 9.17) is 4.74 Å². The maximum atomic E-state index is 11.8. The van der Waals surface area contributed by atoms with Crippen molar-refractivity contribution in [3.05, 3.63) is 12.2 Å². The summed E-state index contributed by atoms with van der Waals surface area (Å²) in [6, 6.07) is 0. The van der Waals surface area contributed by atoms with Crippen LogP contribution in [0, 0.1) is 23.7 Å². The van der Waals surface area contributed by atoms with Crippen LogP contribution in [0.1, 0.15) is 72.1 Å². The van der Waals surface area contributed by atoms with Crippen LogP contribution >= 0.6 is 0 Å². The molecule has 2 fully saturated rings. The number of fused-ring (bicyclic) bond motifs is 1. The molecule has 1 saturated carbocycles. The molecule has 1 aliphatic carbocycles. The van der Waals surface area contributed by atoms with Gasteiger partial charge in [-0.15, -0.1) is 11.8 Å². The molecule has 3 N–H and O–H groups in total. The van der Waals surface area contributed by atoms with Gasteiger partial charge < -0.3 is 14.9 Å². The molecule has 0 bridgehead atoms. The average Bonchev–Trinajstić information content (AvgIpc) is 3.19. The first-order valence-corrected chi connectivity index (χ1v) is 12.8. The zero-order chi connectivity index (χ0) is 23.0. The van der Waals surface area contributed by atoms with Crippen LogP contribution in [0.15, 0.2) is 12.2 Å². The fourth-order valence-corrected chi connectivity index (χ4v) is 4.97.